The van der Waals surface area contributed by atoms with Gasteiger partial charge >= 0.3 is 0 Å². The second kappa shape index (κ2) is 7.48. The number of amides is 1. The summed E-state index contributed by atoms with van der Waals surface area (Å²) in [4.78, 5) is 12.4. The third kappa shape index (κ3) is 3.76. The van der Waals surface area contributed by atoms with Crippen LogP contribution in [0.3, 0.4) is 0 Å². The van der Waals surface area contributed by atoms with Crippen molar-refractivity contribution in [3.05, 3.63) is 23.2 Å². The summed E-state index contributed by atoms with van der Waals surface area (Å²) in [7, 11) is 0. The zero-order valence-corrected chi connectivity index (χ0v) is 14.5. The molecule has 1 amide bonds. The molecule has 0 unspecified atom stereocenters. The second-order valence-electron chi connectivity index (χ2n) is 5.31. The number of anilines is 2. The van der Waals surface area contributed by atoms with Crippen molar-refractivity contribution in [2.45, 2.75) is 32.7 Å². The molecule has 24 heavy (non-hydrogen) atoms. The van der Waals surface area contributed by atoms with Gasteiger partial charge in [0.25, 0.3) is 0 Å². The lowest BCUT2D eigenvalue weighted by Crippen LogP contribution is -2.34. The van der Waals surface area contributed by atoms with Gasteiger partial charge in [0.1, 0.15) is 24.3 Å². The van der Waals surface area contributed by atoms with Crippen LogP contribution in [0.2, 0.25) is 0 Å². The molecule has 8 heteroatoms. The van der Waals surface area contributed by atoms with E-state index in [1.807, 2.05) is 32.0 Å². The molecule has 0 saturated heterocycles. The number of hydrogen-bond acceptors (Lipinski definition) is 7. The van der Waals surface area contributed by atoms with Crippen molar-refractivity contribution in [2.24, 2.45) is 0 Å². The molecule has 1 aromatic heterocycles. The van der Waals surface area contributed by atoms with E-state index >= 15 is 0 Å². The Hall–Kier alpha value is -2.35. The van der Waals surface area contributed by atoms with E-state index in [1.54, 1.807) is 0 Å². The molecule has 0 aliphatic carbocycles. The molecule has 2 heterocycles. The molecule has 1 aliphatic rings. The average molecular weight is 348 g/mol. The first-order chi connectivity index (χ1) is 11.7. The fraction of sp³-hybridized carbons (Fsp3) is 0.438. The Kier molecular flexibility index (Phi) is 5.14. The predicted octanol–water partition coefficient (Wildman–Crippen LogP) is 2.70. The monoisotopic (exact) mass is 348 g/mol. The lowest BCUT2D eigenvalue weighted by Gasteiger charge is -2.21. The topological polar surface area (TPSA) is 85.4 Å². The first-order valence-corrected chi connectivity index (χ1v) is 8.80. The van der Waals surface area contributed by atoms with E-state index < -0.39 is 0 Å². The molecule has 2 aromatic rings. The number of carbonyl (C=O) groups is 1. The number of nitrogens with one attached hydrogen (secondary N) is 2. The quantitative estimate of drug-likeness (QED) is 0.835. The summed E-state index contributed by atoms with van der Waals surface area (Å²) in [5.74, 6) is 1.29. The number of fused-ring (bicyclic) bond motifs is 1. The number of nitrogens with zero attached hydrogens (tertiary/aromatic N) is 2. The van der Waals surface area contributed by atoms with Crippen molar-refractivity contribution in [3.8, 4) is 11.5 Å². The van der Waals surface area contributed by atoms with Gasteiger partial charge in [-0.1, -0.05) is 25.2 Å². The van der Waals surface area contributed by atoms with Gasteiger partial charge in [-0.3, -0.25) is 10.1 Å². The smallest absolute Gasteiger partial charge is 0.248 e. The van der Waals surface area contributed by atoms with E-state index in [2.05, 4.69) is 20.8 Å². The number of rotatable bonds is 6. The van der Waals surface area contributed by atoms with E-state index in [9.17, 15) is 4.79 Å². The maximum atomic E-state index is 12.4. The Labute approximate surface area is 144 Å². The number of aromatic nitrogens is 2. The largest absolute Gasteiger partial charge is 0.486 e. The molecule has 128 valence electrons. The van der Waals surface area contributed by atoms with Crippen LogP contribution in [0, 0.1) is 0 Å². The molecule has 0 saturated carbocycles. The Morgan fingerprint density at radius 1 is 1.25 bits per heavy atom. The molecule has 1 atom stereocenters. The van der Waals surface area contributed by atoms with Crippen LogP contribution in [-0.4, -0.2) is 35.4 Å². The minimum atomic E-state index is -0.374. The maximum Gasteiger partial charge on any atom is 0.248 e. The zero-order valence-electron chi connectivity index (χ0n) is 13.7. The Morgan fingerprint density at radius 2 is 2.04 bits per heavy atom. The minimum Gasteiger partial charge on any atom is -0.486 e. The molecule has 7 nitrogen and oxygen atoms in total. The molecule has 2 N–H and O–H groups in total. The Morgan fingerprint density at radius 3 is 2.75 bits per heavy atom. The maximum absolute atomic E-state index is 12.4. The SMILES string of the molecule is CCc1nnc(NC(=O)[C@H](CC)Nc2ccc3c(c2)OCCO3)s1. The Bertz CT molecular complexity index is 719. The summed E-state index contributed by atoms with van der Waals surface area (Å²) in [5, 5.41) is 15.5. The summed E-state index contributed by atoms with van der Waals surface area (Å²) >= 11 is 1.40. The fourth-order valence-corrected chi connectivity index (χ4v) is 3.01. The third-order valence-electron chi connectivity index (χ3n) is 3.61. The van der Waals surface area contributed by atoms with Crippen LogP contribution in [0.4, 0.5) is 10.8 Å². The van der Waals surface area contributed by atoms with Crippen molar-refractivity contribution in [1.82, 2.24) is 10.2 Å². The highest BCUT2D eigenvalue weighted by molar-refractivity contribution is 7.15. The fourth-order valence-electron chi connectivity index (χ4n) is 2.33. The summed E-state index contributed by atoms with van der Waals surface area (Å²) in [6.45, 7) is 5.05. The number of carbonyl (C=O) groups excluding carboxylic acids is 1. The number of aryl methyl sites for hydroxylation is 1. The molecular formula is C16H20N4O3S. The van der Waals surface area contributed by atoms with Gasteiger partial charge in [-0.2, -0.15) is 0 Å². The van der Waals surface area contributed by atoms with E-state index in [-0.39, 0.29) is 11.9 Å². The predicted molar refractivity (Wildman–Crippen MR) is 93.1 cm³/mol. The molecule has 0 radical (unpaired) electrons. The van der Waals surface area contributed by atoms with Crippen LogP contribution in [0.15, 0.2) is 18.2 Å². The highest BCUT2D eigenvalue weighted by Gasteiger charge is 2.19. The normalized spacial score (nSPS) is 14.1. The zero-order chi connectivity index (χ0) is 16.9. The lowest BCUT2D eigenvalue weighted by molar-refractivity contribution is -0.117. The van der Waals surface area contributed by atoms with E-state index in [1.165, 1.54) is 11.3 Å². The lowest BCUT2D eigenvalue weighted by atomic mass is 10.2. The van der Waals surface area contributed by atoms with Gasteiger partial charge in [0, 0.05) is 11.8 Å². The van der Waals surface area contributed by atoms with Crippen molar-refractivity contribution in [3.63, 3.8) is 0 Å². The van der Waals surface area contributed by atoms with Crippen LogP contribution in [-0.2, 0) is 11.2 Å². The van der Waals surface area contributed by atoms with Crippen LogP contribution < -0.4 is 20.1 Å². The summed E-state index contributed by atoms with van der Waals surface area (Å²) < 4.78 is 11.1. The molecule has 0 fully saturated rings. The van der Waals surface area contributed by atoms with Crippen LogP contribution in [0.25, 0.3) is 0 Å². The molecule has 1 aliphatic heterocycles. The van der Waals surface area contributed by atoms with Crippen molar-refractivity contribution in [1.29, 1.82) is 0 Å². The van der Waals surface area contributed by atoms with Gasteiger partial charge in [-0.15, -0.1) is 10.2 Å². The van der Waals surface area contributed by atoms with Gasteiger partial charge in [0.15, 0.2) is 11.5 Å². The summed E-state index contributed by atoms with van der Waals surface area (Å²) in [5.41, 5.74) is 0.813. The highest BCUT2D eigenvalue weighted by atomic mass is 32.1. The van der Waals surface area contributed by atoms with E-state index in [4.69, 9.17) is 9.47 Å². The van der Waals surface area contributed by atoms with Gasteiger partial charge in [0.2, 0.25) is 11.0 Å². The van der Waals surface area contributed by atoms with Crippen molar-refractivity contribution in [2.75, 3.05) is 23.8 Å². The Balaban J connectivity index is 1.66. The summed E-state index contributed by atoms with van der Waals surface area (Å²) in [6, 6.07) is 5.20. The first-order valence-electron chi connectivity index (χ1n) is 7.99. The third-order valence-corrected chi connectivity index (χ3v) is 4.59. The van der Waals surface area contributed by atoms with Crippen molar-refractivity contribution >= 4 is 28.1 Å². The number of ether oxygens (including phenoxy) is 2. The van der Waals surface area contributed by atoms with Gasteiger partial charge < -0.3 is 14.8 Å². The molecular weight excluding hydrogens is 328 g/mol. The molecule has 0 spiro atoms. The highest BCUT2D eigenvalue weighted by Crippen LogP contribution is 2.33. The van der Waals surface area contributed by atoms with Gasteiger partial charge in [-0.25, -0.2) is 0 Å². The number of hydrogen-bond donors (Lipinski definition) is 2. The molecule has 1 aromatic carbocycles. The van der Waals surface area contributed by atoms with E-state index in [0.29, 0.717) is 30.5 Å². The van der Waals surface area contributed by atoms with E-state index in [0.717, 1.165) is 22.9 Å². The average Bonchev–Trinajstić information content (AvgIpc) is 3.07. The summed E-state index contributed by atoms with van der Waals surface area (Å²) in [6.07, 6.45) is 1.44. The minimum absolute atomic E-state index is 0.133. The van der Waals surface area contributed by atoms with Crippen LogP contribution in [0.1, 0.15) is 25.3 Å². The van der Waals surface area contributed by atoms with Gasteiger partial charge in [-0.05, 0) is 25.0 Å². The van der Waals surface area contributed by atoms with Crippen LogP contribution >= 0.6 is 11.3 Å². The second-order valence-corrected chi connectivity index (χ2v) is 6.37. The standard InChI is InChI=1S/C16H20N4O3S/c1-3-11(15(21)18-16-20-19-14(4-2)24-16)17-10-5-6-12-13(9-10)23-8-7-22-12/h5-6,9,11,17H,3-4,7-8H2,1-2H3,(H,18,20,21)/t11-/m0/s1. The van der Waals surface area contributed by atoms with Crippen LogP contribution in [0.5, 0.6) is 11.5 Å². The number of benzene rings is 1. The molecule has 3 rings (SSSR count). The first kappa shape index (κ1) is 16.5. The van der Waals surface area contributed by atoms with Gasteiger partial charge in [0.05, 0.1) is 0 Å². The molecule has 0 bridgehead atoms. The van der Waals surface area contributed by atoms with Crippen molar-refractivity contribution < 1.29 is 14.3 Å².